The van der Waals surface area contributed by atoms with Crippen LogP contribution in [-0.4, -0.2) is 16.1 Å². The van der Waals surface area contributed by atoms with E-state index >= 15 is 0 Å². The summed E-state index contributed by atoms with van der Waals surface area (Å²) < 4.78 is 0.989. The zero-order valence-corrected chi connectivity index (χ0v) is 16.5. The van der Waals surface area contributed by atoms with E-state index < -0.39 is 0 Å². The van der Waals surface area contributed by atoms with Crippen LogP contribution in [0.3, 0.4) is 0 Å². The first kappa shape index (κ1) is 18.2. The average molecular weight is 479 g/mol. The molecule has 0 aromatic heterocycles. The van der Waals surface area contributed by atoms with E-state index in [-0.39, 0.29) is 16.8 Å². The molecule has 0 bridgehead atoms. The van der Waals surface area contributed by atoms with E-state index in [0.717, 1.165) is 5.56 Å². The maximum Gasteiger partial charge on any atom is 0.257 e. The van der Waals surface area contributed by atoms with Gasteiger partial charge in [-0.15, -0.1) is 0 Å². The third-order valence-corrected chi connectivity index (χ3v) is 4.76. The van der Waals surface area contributed by atoms with Crippen molar-refractivity contribution in [1.82, 2.24) is 5.32 Å². The average Bonchev–Trinajstić information content (AvgIpc) is 2.47. The lowest BCUT2D eigenvalue weighted by molar-refractivity contribution is 0.0977. The second-order valence-electron chi connectivity index (χ2n) is 4.66. The summed E-state index contributed by atoms with van der Waals surface area (Å²) in [6.07, 6.45) is 0. The van der Waals surface area contributed by atoms with E-state index in [1.54, 1.807) is 30.3 Å². The number of hydrogen-bond acceptors (Lipinski definition) is 3. The van der Waals surface area contributed by atoms with Crippen molar-refractivity contribution in [3.63, 3.8) is 0 Å². The Morgan fingerprint density at radius 2 is 1.83 bits per heavy atom. The second kappa shape index (κ2) is 7.61. The molecule has 23 heavy (non-hydrogen) atoms. The number of aryl methyl sites for hydroxylation is 1. The summed E-state index contributed by atoms with van der Waals surface area (Å²) in [6.45, 7) is 1.86. The Balaban J connectivity index is 2.07. The van der Waals surface area contributed by atoms with Gasteiger partial charge in [-0.1, -0.05) is 17.7 Å². The molecule has 0 aliphatic rings. The second-order valence-corrected chi connectivity index (χ2v) is 7.18. The van der Waals surface area contributed by atoms with Gasteiger partial charge in [-0.3, -0.25) is 10.1 Å². The van der Waals surface area contributed by atoms with E-state index in [1.807, 2.05) is 6.92 Å². The monoisotopic (exact) mass is 476 g/mol. The summed E-state index contributed by atoms with van der Waals surface area (Å²) in [5.41, 5.74) is 1.91. The number of anilines is 1. The highest BCUT2D eigenvalue weighted by Gasteiger charge is 2.11. The van der Waals surface area contributed by atoms with Crippen LogP contribution in [-0.2, 0) is 0 Å². The molecule has 0 saturated heterocycles. The molecule has 120 valence electrons. The SMILES string of the molecule is Cc1ccc(C(=O)NC(=S)Nc2cc(Br)c(O)c(Br)c2)cc1Cl. The standard InChI is InChI=1S/C15H11Br2ClN2O2S/c1-7-2-3-8(4-12(7)18)14(22)20-15(23)19-9-5-10(16)13(21)11(17)6-9/h2-6,21H,1H3,(H2,19,20,22,23). The minimum atomic E-state index is -0.360. The summed E-state index contributed by atoms with van der Waals surface area (Å²) in [4.78, 5) is 12.1. The lowest BCUT2D eigenvalue weighted by Gasteiger charge is -2.11. The number of amides is 1. The van der Waals surface area contributed by atoms with Crippen molar-refractivity contribution in [1.29, 1.82) is 0 Å². The van der Waals surface area contributed by atoms with Crippen LogP contribution >= 0.6 is 55.7 Å². The van der Waals surface area contributed by atoms with Crippen molar-refractivity contribution >= 4 is 72.4 Å². The van der Waals surface area contributed by atoms with Gasteiger partial charge >= 0.3 is 0 Å². The number of hydrogen-bond donors (Lipinski definition) is 3. The van der Waals surface area contributed by atoms with Crippen molar-refractivity contribution in [2.24, 2.45) is 0 Å². The number of carbonyl (C=O) groups excluding carboxylic acids is 1. The summed E-state index contributed by atoms with van der Waals surface area (Å²) in [7, 11) is 0. The van der Waals surface area contributed by atoms with Crippen LogP contribution in [0, 0.1) is 6.92 Å². The largest absolute Gasteiger partial charge is 0.506 e. The van der Waals surface area contributed by atoms with Crippen molar-refractivity contribution < 1.29 is 9.90 Å². The summed E-state index contributed by atoms with van der Waals surface area (Å²) >= 11 is 17.6. The molecule has 3 N–H and O–H groups in total. The number of phenols is 1. The Morgan fingerprint density at radius 3 is 2.39 bits per heavy atom. The van der Waals surface area contributed by atoms with Crippen molar-refractivity contribution in [2.45, 2.75) is 6.92 Å². The van der Waals surface area contributed by atoms with E-state index in [4.69, 9.17) is 23.8 Å². The molecule has 2 aromatic carbocycles. The molecular formula is C15H11Br2ClN2O2S. The van der Waals surface area contributed by atoms with Crippen LogP contribution in [0.15, 0.2) is 39.3 Å². The van der Waals surface area contributed by atoms with Crippen molar-refractivity contribution in [2.75, 3.05) is 5.32 Å². The summed E-state index contributed by atoms with van der Waals surface area (Å²) in [6, 6.07) is 8.31. The predicted molar refractivity (Wildman–Crippen MR) is 103 cm³/mol. The lowest BCUT2D eigenvalue weighted by atomic mass is 10.1. The number of halogens is 3. The minimum absolute atomic E-state index is 0.0831. The number of phenolic OH excluding ortho intramolecular Hbond substituents is 1. The first-order chi connectivity index (χ1) is 10.8. The maximum absolute atomic E-state index is 12.1. The van der Waals surface area contributed by atoms with Gasteiger partial charge in [0, 0.05) is 16.3 Å². The Hall–Kier alpha value is -1.15. The fourth-order valence-electron chi connectivity index (χ4n) is 1.71. The van der Waals surface area contributed by atoms with E-state index in [9.17, 15) is 9.90 Å². The molecule has 8 heteroatoms. The maximum atomic E-state index is 12.1. The summed E-state index contributed by atoms with van der Waals surface area (Å²) in [5, 5.41) is 15.8. The molecule has 0 fully saturated rings. The molecule has 0 radical (unpaired) electrons. The normalized spacial score (nSPS) is 10.3. The highest BCUT2D eigenvalue weighted by molar-refractivity contribution is 9.11. The van der Waals surface area contributed by atoms with Crippen molar-refractivity contribution in [3.05, 3.63) is 55.4 Å². The predicted octanol–water partition coefficient (Wildman–Crippen LogP) is 5.01. The quantitative estimate of drug-likeness (QED) is 0.420. The number of thiocarbonyl (C=S) groups is 1. The van der Waals surface area contributed by atoms with Gasteiger partial charge in [-0.25, -0.2) is 0 Å². The van der Waals surface area contributed by atoms with Crippen LogP contribution in [0.25, 0.3) is 0 Å². The van der Waals surface area contributed by atoms with Crippen LogP contribution in [0.2, 0.25) is 5.02 Å². The van der Waals surface area contributed by atoms with Gasteiger partial charge < -0.3 is 10.4 Å². The van der Waals surface area contributed by atoms with Gasteiger partial charge in [0.1, 0.15) is 5.75 Å². The zero-order chi connectivity index (χ0) is 17.1. The highest BCUT2D eigenvalue weighted by Crippen LogP contribution is 2.35. The molecule has 2 aromatic rings. The first-order valence-corrected chi connectivity index (χ1v) is 8.71. The van der Waals surface area contributed by atoms with E-state index in [2.05, 4.69) is 42.5 Å². The number of rotatable bonds is 2. The topological polar surface area (TPSA) is 61.4 Å². The van der Waals surface area contributed by atoms with E-state index in [0.29, 0.717) is 25.2 Å². The number of carbonyl (C=O) groups is 1. The van der Waals surface area contributed by atoms with Gasteiger partial charge in [0.25, 0.3) is 5.91 Å². The number of nitrogens with one attached hydrogen (secondary N) is 2. The highest BCUT2D eigenvalue weighted by atomic mass is 79.9. The Labute approximate surface area is 160 Å². The Bertz CT molecular complexity index is 776. The lowest BCUT2D eigenvalue weighted by Crippen LogP contribution is -2.34. The molecule has 0 aliphatic heterocycles. The van der Waals surface area contributed by atoms with Crippen molar-refractivity contribution in [3.8, 4) is 5.75 Å². The molecule has 2 rings (SSSR count). The van der Waals surface area contributed by atoms with Crippen LogP contribution in [0.4, 0.5) is 5.69 Å². The van der Waals surface area contributed by atoms with E-state index in [1.165, 1.54) is 0 Å². The van der Waals surface area contributed by atoms with Crippen LogP contribution in [0.5, 0.6) is 5.75 Å². The molecule has 0 saturated carbocycles. The zero-order valence-electron chi connectivity index (χ0n) is 11.8. The Kier molecular flexibility index (Phi) is 6.02. The summed E-state index contributed by atoms with van der Waals surface area (Å²) in [5.74, 6) is -0.277. The van der Waals surface area contributed by atoms with Gasteiger partial charge in [0.05, 0.1) is 8.95 Å². The molecule has 0 spiro atoms. The molecular weight excluding hydrogens is 468 g/mol. The number of benzene rings is 2. The fraction of sp³-hybridized carbons (Fsp3) is 0.0667. The first-order valence-electron chi connectivity index (χ1n) is 6.34. The molecule has 1 amide bonds. The fourth-order valence-corrected chi connectivity index (χ4v) is 3.29. The molecule has 0 heterocycles. The Morgan fingerprint density at radius 1 is 1.22 bits per heavy atom. The third-order valence-electron chi connectivity index (χ3n) is 2.94. The van der Waals surface area contributed by atoms with Crippen LogP contribution in [0.1, 0.15) is 15.9 Å². The minimum Gasteiger partial charge on any atom is -0.506 e. The molecule has 0 unspecified atom stereocenters. The van der Waals surface area contributed by atoms with Gasteiger partial charge in [0.15, 0.2) is 5.11 Å². The number of aromatic hydroxyl groups is 1. The van der Waals surface area contributed by atoms with Crippen LogP contribution < -0.4 is 10.6 Å². The van der Waals surface area contributed by atoms with Gasteiger partial charge in [-0.2, -0.15) is 0 Å². The third kappa shape index (κ3) is 4.67. The smallest absolute Gasteiger partial charge is 0.257 e. The molecule has 0 aliphatic carbocycles. The van der Waals surface area contributed by atoms with Gasteiger partial charge in [0.2, 0.25) is 0 Å². The van der Waals surface area contributed by atoms with Gasteiger partial charge in [-0.05, 0) is 80.8 Å². The molecule has 4 nitrogen and oxygen atoms in total. The molecule has 0 atom stereocenters.